The zero-order valence-electron chi connectivity index (χ0n) is 17.7. The first kappa shape index (κ1) is 22.3. The van der Waals surface area contributed by atoms with E-state index in [1.165, 1.54) is 55.3 Å². The molecule has 145 valence electrons. The van der Waals surface area contributed by atoms with Crippen LogP contribution in [0.5, 0.6) is 0 Å². The summed E-state index contributed by atoms with van der Waals surface area (Å²) in [7, 11) is 0. The molecule has 0 unspecified atom stereocenters. The van der Waals surface area contributed by atoms with Crippen molar-refractivity contribution in [1.82, 2.24) is 4.98 Å². The van der Waals surface area contributed by atoms with Crippen molar-refractivity contribution in [2.75, 3.05) is 0 Å². The zero-order valence-corrected chi connectivity index (χ0v) is 21.6. The fourth-order valence-electron chi connectivity index (χ4n) is 3.91. The van der Waals surface area contributed by atoms with Crippen LogP contribution in [0.25, 0.3) is 22.0 Å². The van der Waals surface area contributed by atoms with Crippen molar-refractivity contribution in [2.45, 2.75) is 62.3 Å². The van der Waals surface area contributed by atoms with Crippen molar-refractivity contribution in [2.24, 2.45) is 0 Å². The number of rotatable bonds is 1. The standard InChI is InChI=1S/C24H27BrN.Ir/c1-11-10-20(18(8)23(25)12(11)2)24-22-16(6)14(4)13(3)15(5)21(22)17(7)19(9)26-24;/h1-9H3;/q-1;. The van der Waals surface area contributed by atoms with Crippen molar-refractivity contribution in [1.29, 1.82) is 0 Å². The minimum absolute atomic E-state index is 0. The molecule has 1 radical (unpaired) electrons. The quantitative estimate of drug-likeness (QED) is 0.268. The zero-order chi connectivity index (χ0) is 19.5. The van der Waals surface area contributed by atoms with Gasteiger partial charge in [-0.15, -0.1) is 28.3 Å². The third kappa shape index (κ3) is 3.33. The Morgan fingerprint density at radius 3 is 1.70 bits per heavy atom. The number of aryl methyl sites for hydroxylation is 5. The minimum Gasteiger partial charge on any atom is -0.301 e. The van der Waals surface area contributed by atoms with Crippen molar-refractivity contribution < 1.29 is 20.1 Å². The van der Waals surface area contributed by atoms with Gasteiger partial charge < -0.3 is 4.98 Å². The average Bonchev–Trinajstić information content (AvgIpc) is 2.61. The topological polar surface area (TPSA) is 12.9 Å². The number of pyridine rings is 1. The molecule has 3 rings (SSSR count). The molecule has 0 amide bonds. The van der Waals surface area contributed by atoms with Gasteiger partial charge in [-0.2, -0.15) is 0 Å². The molecular weight excluding hydrogens is 574 g/mol. The second kappa shape index (κ2) is 7.78. The van der Waals surface area contributed by atoms with Gasteiger partial charge in [-0.05, 0) is 85.8 Å². The van der Waals surface area contributed by atoms with E-state index < -0.39 is 0 Å². The van der Waals surface area contributed by atoms with Gasteiger partial charge in [0.25, 0.3) is 0 Å². The van der Waals surface area contributed by atoms with Gasteiger partial charge >= 0.3 is 0 Å². The third-order valence-electron chi connectivity index (χ3n) is 6.27. The van der Waals surface area contributed by atoms with Crippen LogP contribution < -0.4 is 0 Å². The van der Waals surface area contributed by atoms with Crippen molar-refractivity contribution in [3.63, 3.8) is 0 Å². The molecule has 0 aliphatic carbocycles. The molecule has 0 atom stereocenters. The van der Waals surface area contributed by atoms with Gasteiger partial charge in [0.05, 0.1) is 0 Å². The first-order valence-electron chi connectivity index (χ1n) is 9.14. The molecule has 27 heavy (non-hydrogen) atoms. The molecule has 0 saturated heterocycles. The van der Waals surface area contributed by atoms with Crippen LogP contribution in [-0.2, 0) is 20.1 Å². The Balaban J connectivity index is 0.00000261. The molecule has 0 aliphatic heterocycles. The summed E-state index contributed by atoms with van der Waals surface area (Å²) in [4.78, 5) is 5.06. The maximum Gasteiger partial charge on any atom is 0.0301 e. The molecule has 1 nitrogen and oxygen atoms in total. The Morgan fingerprint density at radius 1 is 0.630 bits per heavy atom. The largest absolute Gasteiger partial charge is 0.301 e. The van der Waals surface area contributed by atoms with E-state index in [0.29, 0.717) is 0 Å². The summed E-state index contributed by atoms with van der Waals surface area (Å²) in [5.41, 5.74) is 13.6. The van der Waals surface area contributed by atoms with Crippen LogP contribution in [0.4, 0.5) is 0 Å². The molecule has 0 fully saturated rings. The second-order valence-electron chi connectivity index (χ2n) is 7.61. The van der Waals surface area contributed by atoms with Gasteiger partial charge in [0.15, 0.2) is 0 Å². The van der Waals surface area contributed by atoms with E-state index in [4.69, 9.17) is 4.98 Å². The Kier molecular flexibility index (Phi) is 6.41. The summed E-state index contributed by atoms with van der Waals surface area (Å²) in [6.07, 6.45) is 0. The summed E-state index contributed by atoms with van der Waals surface area (Å²) in [6.45, 7) is 19.7. The average molecular weight is 602 g/mol. The van der Waals surface area contributed by atoms with Gasteiger partial charge in [0.2, 0.25) is 0 Å². The number of fused-ring (bicyclic) bond motifs is 1. The van der Waals surface area contributed by atoms with E-state index in [9.17, 15) is 0 Å². The fraction of sp³-hybridized carbons (Fsp3) is 0.375. The maximum absolute atomic E-state index is 5.06. The number of hydrogen-bond donors (Lipinski definition) is 0. The van der Waals surface area contributed by atoms with Crippen molar-refractivity contribution >= 4 is 26.7 Å². The number of nitrogens with zero attached hydrogens (tertiary/aromatic N) is 1. The molecule has 2 aromatic carbocycles. The molecule has 1 aromatic heterocycles. The normalized spacial score (nSPS) is 11.0. The third-order valence-corrected chi connectivity index (χ3v) is 7.46. The van der Waals surface area contributed by atoms with Crippen LogP contribution in [0.1, 0.15) is 50.2 Å². The van der Waals surface area contributed by atoms with Gasteiger partial charge in [0, 0.05) is 25.8 Å². The first-order chi connectivity index (χ1) is 12.1. The molecule has 1 heterocycles. The Labute approximate surface area is 185 Å². The van der Waals surface area contributed by atoms with Crippen LogP contribution >= 0.6 is 15.9 Å². The molecule has 0 bridgehead atoms. The van der Waals surface area contributed by atoms with Crippen LogP contribution in [0.3, 0.4) is 0 Å². The molecule has 3 aromatic rings. The second-order valence-corrected chi connectivity index (χ2v) is 8.40. The Hall–Kier alpha value is -1.02. The van der Waals surface area contributed by atoms with Crippen molar-refractivity contribution in [3.8, 4) is 11.3 Å². The maximum atomic E-state index is 5.06. The van der Waals surface area contributed by atoms with Gasteiger partial charge in [0.1, 0.15) is 0 Å². The predicted octanol–water partition coefficient (Wildman–Crippen LogP) is 7.24. The summed E-state index contributed by atoms with van der Waals surface area (Å²) >= 11 is 3.79. The molecule has 0 spiro atoms. The summed E-state index contributed by atoms with van der Waals surface area (Å²) in [6, 6.07) is 3.63. The summed E-state index contributed by atoms with van der Waals surface area (Å²) < 4.78 is 1.16. The molecular formula is C24H27BrIrN-. The smallest absolute Gasteiger partial charge is 0.0301 e. The number of hydrogen-bond acceptors (Lipinski definition) is 1. The monoisotopic (exact) mass is 601 g/mol. The van der Waals surface area contributed by atoms with Crippen LogP contribution in [-0.4, -0.2) is 4.98 Å². The van der Waals surface area contributed by atoms with E-state index in [0.717, 1.165) is 21.4 Å². The molecule has 0 saturated carbocycles. The van der Waals surface area contributed by atoms with E-state index >= 15 is 0 Å². The van der Waals surface area contributed by atoms with Gasteiger partial charge in [-0.3, -0.25) is 0 Å². The van der Waals surface area contributed by atoms with E-state index in [-0.39, 0.29) is 20.1 Å². The van der Waals surface area contributed by atoms with Crippen molar-refractivity contribution in [3.05, 3.63) is 60.7 Å². The van der Waals surface area contributed by atoms with Crippen LogP contribution in [0.15, 0.2) is 4.47 Å². The minimum atomic E-state index is 0. The van der Waals surface area contributed by atoms with Crippen LogP contribution in [0.2, 0.25) is 0 Å². The fourth-order valence-corrected chi connectivity index (χ4v) is 4.41. The Morgan fingerprint density at radius 2 is 1.15 bits per heavy atom. The molecule has 3 heteroatoms. The summed E-state index contributed by atoms with van der Waals surface area (Å²) in [5.74, 6) is 0. The van der Waals surface area contributed by atoms with Gasteiger partial charge in [-0.1, -0.05) is 41.2 Å². The van der Waals surface area contributed by atoms with Crippen LogP contribution in [0, 0.1) is 68.4 Å². The predicted molar refractivity (Wildman–Crippen MR) is 116 cm³/mol. The SMILES string of the molecule is Cc1[c-]c(-c2nc(C)c(C)c3c(C)c(C)c(C)c(C)c23)c(C)c(Br)c1C.[Ir]. The van der Waals surface area contributed by atoms with E-state index in [2.05, 4.69) is 84.3 Å². The number of benzene rings is 2. The number of aromatic nitrogens is 1. The Bertz CT molecular complexity index is 1080. The van der Waals surface area contributed by atoms with E-state index in [1.807, 2.05) is 0 Å². The summed E-state index contributed by atoms with van der Waals surface area (Å²) in [5, 5.41) is 2.64. The molecule has 0 aliphatic rings. The van der Waals surface area contributed by atoms with Gasteiger partial charge in [-0.25, -0.2) is 0 Å². The first-order valence-corrected chi connectivity index (χ1v) is 9.93. The molecule has 0 N–H and O–H groups in total. The van der Waals surface area contributed by atoms with E-state index in [1.54, 1.807) is 0 Å². The number of halogens is 1.